The van der Waals surface area contributed by atoms with Gasteiger partial charge >= 0.3 is 5.97 Å². The van der Waals surface area contributed by atoms with E-state index >= 15 is 0 Å². The van der Waals surface area contributed by atoms with Gasteiger partial charge in [-0.1, -0.05) is 37.3 Å². The Labute approximate surface area is 151 Å². The first kappa shape index (κ1) is 21.0. The summed E-state index contributed by atoms with van der Waals surface area (Å²) in [6.07, 6.45) is 0.232. The Bertz CT molecular complexity index is 518. The molecule has 0 amide bonds. The van der Waals surface area contributed by atoms with E-state index in [1.165, 1.54) is 5.56 Å². The van der Waals surface area contributed by atoms with E-state index in [2.05, 4.69) is 34.7 Å². The van der Waals surface area contributed by atoms with Crippen LogP contribution in [0.1, 0.15) is 32.8 Å². The van der Waals surface area contributed by atoms with Crippen molar-refractivity contribution in [1.29, 1.82) is 0 Å². The van der Waals surface area contributed by atoms with Crippen molar-refractivity contribution < 1.29 is 14.3 Å². The molecule has 0 fully saturated rings. The van der Waals surface area contributed by atoms with Crippen molar-refractivity contribution in [1.82, 2.24) is 10.6 Å². The molecule has 140 valence electrons. The summed E-state index contributed by atoms with van der Waals surface area (Å²) < 4.78 is 10.8. The van der Waals surface area contributed by atoms with Crippen LogP contribution in [0.2, 0.25) is 0 Å². The summed E-state index contributed by atoms with van der Waals surface area (Å²) in [7, 11) is 1.71. The number of carbonyl (C=O) groups excluding carboxylic acids is 1. The molecule has 6 nitrogen and oxygen atoms in total. The Kier molecular flexibility index (Phi) is 10.3. The zero-order valence-corrected chi connectivity index (χ0v) is 15.7. The molecule has 2 N–H and O–H groups in total. The van der Waals surface area contributed by atoms with Gasteiger partial charge in [0.1, 0.15) is 0 Å². The molecular weight excluding hydrogens is 318 g/mol. The lowest BCUT2D eigenvalue weighted by Gasteiger charge is -2.16. The number of guanidine groups is 1. The minimum Gasteiger partial charge on any atom is -0.463 e. The monoisotopic (exact) mass is 349 g/mol. The van der Waals surface area contributed by atoms with E-state index in [4.69, 9.17) is 9.47 Å². The number of rotatable bonds is 10. The highest BCUT2D eigenvalue weighted by molar-refractivity contribution is 5.80. The van der Waals surface area contributed by atoms with Gasteiger partial charge in [0.05, 0.1) is 25.7 Å². The fourth-order valence-electron chi connectivity index (χ4n) is 2.11. The van der Waals surface area contributed by atoms with Gasteiger partial charge in [-0.3, -0.25) is 9.79 Å². The summed E-state index contributed by atoms with van der Waals surface area (Å²) in [6.45, 7) is 8.32. The fraction of sp³-hybridized carbons (Fsp3) is 0.579. The maximum atomic E-state index is 11.5. The fourth-order valence-corrected chi connectivity index (χ4v) is 2.11. The van der Waals surface area contributed by atoms with Crippen molar-refractivity contribution in [2.75, 3.05) is 26.7 Å². The highest BCUT2D eigenvalue weighted by Gasteiger charge is 2.07. The van der Waals surface area contributed by atoms with Crippen LogP contribution in [0, 0.1) is 5.92 Å². The number of esters is 1. The Morgan fingerprint density at radius 2 is 1.88 bits per heavy atom. The summed E-state index contributed by atoms with van der Waals surface area (Å²) in [5, 5.41) is 6.35. The molecule has 25 heavy (non-hydrogen) atoms. The first-order chi connectivity index (χ1) is 12.0. The molecule has 0 aliphatic carbocycles. The standard InChI is InChI=1S/C19H31N3O3/c1-15(2)25-18(23)10-11-21-19(20-4)22-12-16(3)13-24-14-17-8-6-5-7-9-17/h5-9,15-16H,10-14H2,1-4H3,(H2,20,21,22). The van der Waals surface area contributed by atoms with Gasteiger partial charge < -0.3 is 20.1 Å². The van der Waals surface area contributed by atoms with Crippen molar-refractivity contribution in [2.24, 2.45) is 10.9 Å². The average Bonchev–Trinajstić information content (AvgIpc) is 2.58. The predicted molar refractivity (Wildman–Crippen MR) is 100 cm³/mol. The van der Waals surface area contributed by atoms with Crippen molar-refractivity contribution >= 4 is 11.9 Å². The third-order valence-electron chi connectivity index (χ3n) is 3.34. The van der Waals surface area contributed by atoms with Gasteiger partial charge in [0.2, 0.25) is 0 Å². The van der Waals surface area contributed by atoms with Crippen LogP contribution >= 0.6 is 0 Å². The van der Waals surface area contributed by atoms with E-state index < -0.39 is 0 Å². The van der Waals surface area contributed by atoms with Crippen LogP contribution in [-0.2, 0) is 20.9 Å². The molecule has 0 aromatic heterocycles. The molecule has 1 rings (SSSR count). The second-order valence-corrected chi connectivity index (χ2v) is 6.27. The van der Waals surface area contributed by atoms with E-state index in [0.29, 0.717) is 38.1 Å². The first-order valence-electron chi connectivity index (χ1n) is 8.77. The summed E-state index contributed by atoms with van der Waals surface area (Å²) in [4.78, 5) is 15.6. The minimum atomic E-state index is -0.208. The molecule has 0 saturated carbocycles. The minimum absolute atomic E-state index is 0.0818. The van der Waals surface area contributed by atoms with Crippen LogP contribution in [0.15, 0.2) is 35.3 Å². The Morgan fingerprint density at radius 1 is 1.16 bits per heavy atom. The number of hydrogen-bond acceptors (Lipinski definition) is 4. The molecule has 0 radical (unpaired) electrons. The van der Waals surface area contributed by atoms with Gasteiger partial charge in [-0.05, 0) is 25.3 Å². The summed E-state index contributed by atoms with van der Waals surface area (Å²) in [5.41, 5.74) is 1.17. The van der Waals surface area contributed by atoms with E-state index in [9.17, 15) is 4.79 Å². The Morgan fingerprint density at radius 3 is 2.52 bits per heavy atom. The molecular formula is C19H31N3O3. The average molecular weight is 349 g/mol. The molecule has 0 heterocycles. The zero-order valence-electron chi connectivity index (χ0n) is 15.7. The van der Waals surface area contributed by atoms with Crippen LogP contribution < -0.4 is 10.6 Å². The number of carbonyl (C=O) groups is 1. The predicted octanol–water partition coefficient (Wildman–Crippen LogP) is 2.35. The number of nitrogens with one attached hydrogen (secondary N) is 2. The first-order valence-corrected chi connectivity index (χ1v) is 8.77. The molecule has 0 spiro atoms. The maximum absolute atomic E-state index is 11.5. The van der Waals surface area contributed by atoms with Gasteiger partial charge in [-0.15, -0.1) is 0 Å². The number of nitrogens with zero attached hydrogens (tertiary/aromatic N) is 1. The molecule has 0 saturated heterocycles. The lowest BCUT2D eigenvalue weighted by atomic mass is 10.2. The van der Waals surface area contributed by atoms with Crippen LogP contribution in [0.5, 0.6) is 0 Å². The van der Waals surface area contributed by atoms with Crippen LogP contribution in [0.3, 0.4) is 0 Å². The van der Waals surface area contributed by atoms with E-state index in [1.807, 2.05) is 32.0 Å². The lowest BCUT2D eigenvalue weighted by molar-refractivity contribution is -0.147. The molecule has 0 aliphatic rings. The summed E-state index contributed by atoms with van der Waals surface area (Å²) in [6, 6.07) is 10.1. The second kappa shape index (κ2) is 12.3. The molecule has 1 atom stereocenters. The van der Waals surface area contributed by atoms with Crippen LogP contribution in [-0.4, -0.2) is 44.8 Å². The summed E-state index contributed by atoms with van der Waals surface area (Å²) >= 11 is 0. The van der Waals surface area contributed by atoms with Gasteiger partial charge in [0, 0.05) is 20.1 Å². The highest BCUT2D eigenvalue weighted by Crippen LogP contribution is 2.02. The highest BCUT2D eigenvalue weighted by atomic mass is 16.5. The maximum Gasteiger partial charge on any atom is 0.307 e. The van der Waals surface area contributed by atoms with E-state index in [-0.39, 0.29) is 12.1 Å². The summed E-state index contributed by atoms with van der Waals surface area (Å²) in [5.74, 6) is 0.807. The number of aliphatic imine (C=N–C) groups is 1. The van der Waals surface area contributed by atoms with E-state index in [0.717, 1.165) is 6.54 Å². The molecule has 6 heteroatoms. The molecule has 1 aromatic carbocycles. The Balaban J connectivity index is 2.15. The van der Waals surface area contributed by atoms with Gasteiger partial charge in [0.25, 0.3) is 0 Å². The molecule has 1 aromatic rings. The number of benzene rings is 1. The number of hydrogen-bond donors (Lipinski definition) is 2. The van der Waals surface area contributed by atoms with Gasteiger partial charge in [0.15, 0.2) is 5.96 Å². The van der Waals surface area contributed by atoms with Crippen molar-refractivity contribution in [3.63, 3.8) is 0 Å². The van der Waals surface area contributed by atoms with Crippen molar-refractivity contribution in [3.8, 4) is 0 Å². The normalized spacial score (nSPS) is 12.8. The molecule has 0 bridgehead atoms. The van der Waals surface area contributed by atoms with Crippen molar-refractivity contribution in [3.05, 3.63) is 35.9 Å². The Hall–Kier alpha value is -2.08. The molecule has 0 aliphatic heterocycles. The smallest absolute Gasteiger partial charge is 0.307 e. The van der Waals surface area contributed by atoms with E-state index in [1.54, 1.807) is 7.05 Å². The van der Waals surface area contributed by atoms with Gasteiger partial charge in [-0.2, -0.15) is 0 Å². The number of ether oxygens (including phenoxy) is 2. The zero-order chi connectivity index (χ0) is 18.5. The van der Waals surface area contributed by atoms with Gasteiger partial charge in [-0.25, -0.2) is 0 Å². The van der Waals surface area contributed by atoms with Crippen LogP contribution in [0.4, 0.5) is 0 Å². The third-order valence-corrected chi connectivity index (χ3v) is 3.34. The largest absolute Gasteiger partial charge is 0.463 e. The quantitative estimate of drug-likeness (QED) is 0.385. The lowest BCUT2D eigenvalue weighted by Crippen LogP contribution is -2.41. The SMILES string of the molecule is CN=C(NCCC(=O)OC(C)C)NCC(C)COCc1ccccc1. The topological polar surface area (TPSA) is 72.0 Å². The third kappa shape index (κ3) is 10.4. The van der Waals surface area contributed by atoms with Crippen LogP contribution in [0.25, 0.3) is 0 Å². The van der Waals surface area contributed by atoms with Crippen molar-refractivity contribution in [2.45, 2.75) is 39.9 Å². The second-order valence-electron chi connectivity index (χ2n) is 6.27. The molecule has 1 unspecified atom stereocenters.